The van der Waals surface area contributed by atoms with Crippen LogP contribution in [0.3, 0.4) is 0 Å². The van der Waals surface area contributed by atoms with Gasteiger partial charge in [0, 0.05) is 25.6 Å². The van der Waals surface area contributed by atoms with Gasteiger partial charge in [-0.2, -0.15) is 0 Å². The fourth-order valence-corrected chi connectivity index (χ4v) is 1.98. The van der Waals surface area contributed by atoms with E-state index in [9.17, 15) is 4.79 Å². The van der Waals surface area contributed by atoms with E-state index in [0.29, 0.717) is 24.1 Å². The lowest BCUT2D eigenvalue weighted by atomic mass is 9.95. The van der Waals surface area contributed by atoms with Crippen LogP contribution in [0.25, 0.3) is 0 Å². The summed E-state index contributed by atoms with van der Waals surface area (Å²) in [5.41, 5.74) is 1.39. The Morgan fingerprint density at radius 3 is 2.55 bits per heavy atom. The molecule has 3 nitrogen and oxygen atoms in total. The molecule has 0 unspecified atom stereocenters. The zero-order valence-electron chi connectivity index (χ0n) is 12.7. The standard InChI is InChI=1S/C17H23NO2/c1-17(2,3)13-18(4)16(20)15-11-6-5-9-14(15)10-7-8-12-19/h5-6,9,11,19H,8,12-13H2,1-4H3. The molecule has 108 valence electrons. The third kappa shape index (κ3) is 5.07. The summed E-state index contributed by atoms with van der Waals surface area (Å²) >= 11 is 0. The predicted octanol–water partition coefficient (Wildman–Crippen LogP) is 2.54. The summed E-state index contributed by atoms with van der Waals surface area (Å²) in [5, 5.41) is 8.76. The van der Waals surface area contributed by atoms with Gasteiger partial charge in [-0.1, -0.05) is 44.7 Å². The first-order valence-electron chi connectivity index (χ1n) is 6.79. The Bertz CT molecular complexity index is 518. The second-order valence-electron chi connectivity index (χ2n) is 6.04. The number of carbonyl (C=O) groups excluding carboxylic acids is 1. The first-order chi connectivity index (χ1) is 9.35. The fraction of sp³-hybridized carbons (Fsp3) is 0.471. The van der Waals surface area contributed by atoms with E-state index in [1.54, 1.807) is 11.0 Å². The van der Waals surface area contributed by atoms with E-state index in [2.05, 4.69) is 32.6 Å². The molecule has 0 saturated heterocycles. The van der Waals surface area contributed by atoms with Gasteiger partial charge in [-0.3, -0.25) is 4.79 Å². The van der Waals surface area contributed by atoms with Gasteiger partial charge in [0.25, 0.3) is 5.91 Å². The van der Waals surface area contributed by atoms with Crippen molar-refractivity contribution < 1.29 is 9.90 Å². The van der Waals surface area contributed by atoms with Crippen LogP contribution in [0.2, 0.25) is 0 Å². The van der Waals surface area contributed by atoms with Gasteiger partial charge in [0.2, 0.25) is 0 Å². The van der Waals surface area contributed by atoms with E-state index in [1.807, 2.05) is 25.2 Å². The van der Waals surface area contributed by atoms with Crippen molar-refractivity contribution in [2.75, 3.05) is 20.2 Å². The molecule has 0 bridgehead atoms. The van der Waals surface area contributed by atoms with Crippen LogP contribution in [0.5, 0.6) is 0 Å². The topological polar surface area (TPSA) is 40.5 Å². The first-order valence-corrected chi connectivity index (χ1v) is 6.79. The summed E-state index contributed by atoms with van der Waals surface area (Å²) in [5.74, 6) is 5.80. The van der Waals surface area contributed by atoms with E-state index < -0.39 is 0 Å². The average molecular weight is 273 g/mol. The van der Waals surface area contributed by atoms with Crippen molar-refractivity contribution in [3.05, 3.63) is 35.4 Å². The molecule has 1 aromatic carbocycles. The molecule has 0 radical (unpaired) electrons. The Hall–Kier alpha value is -1.79. The summed E-state index contributed by atoms with van der Waals surface area (Å²) in [6.45, 7) is 7.02. The van der Waals surface area contributed by atoms with Crippen molar-refractivity contribution in [3.8, 4) is 11.8 Å². The molecule has 1 amide bonds. The van der Waals surface area contributed by atoms with E-state index in [4.69, 9.17) is 5.11 Å². The van der Waals surface area contributed by atoms with Gasteiger partial charge in [0.15, 0.2) is 0 Å². The van der Waals surface area contributed by atoms with E-state index in [-0.39, 0.29) is 17.9 Å². The number of aliphatic hydroxyl groups excluding tert-OH is 1. The minimum Gasteiger partial charge on any atom is -0.395 e. The van der Waals surface area contributed by atoms with Crippen LogP contribution in [0.4, 0.5) is 0 Å². The van der Waals surface area contributed by atoms with Crippen molar-refractivity contribution in [1.82, 2.24) is 4.90 Å². The lowest BCUT2D eigenvalue weighted by Gasteiger charge is -2.27. The Morgan fingerprint density at radius 1 is 1.30 bits per heavy atom. The number of hydrogen-bond acceptors (Lipinski definition) is 2. The Balaban J connectivity index is 2.96. The lowest BCUT2D eigenvalue weighted by molar-refractivity contribution is 0.0745. The maximum Gasteiger partial charge on any atom is 0.254 e. The third-order valence-electron chi connectivity index (χ3n) is 2.68. The summed E-state index contributed by atoms with van der Waals surface area (Å²) in [4.78, 5) is 14.2. The fourth-order valence-electron chi connectivity index (χ4n) is 1.98. The van der Waals surface area contributed by atoms with Crippen LogP contribution >= 0.6 is 0 Å². The molecule has 0 saturated carbocycles. The maximum absolute atomic E-state index is 12.5. The van der Waals surface area contributed by atoms with E-state index in [0.717, 1.165) is 0 Å². The smallest absolute Gasteiger partial charge is 0.254 e. The third-order valence-corrected chi connectivity index (χ3v) is 2.68. The van der Waals surface area contributed by atoms with Crippen molar-refractivity contribution in [3.63, 3.8) is 0 Å². The number of benzene rings is 1. The zero-order valence-corrected chi connectivity index (χ0v) is 12.7. The van der Waals surface area contributed by atoms with Crippen LogP contribution in [0.1, 0.15) is 43.1 Å². The second-order valence-corrected chi connectivity index (χ2v) is 6.04. The normalized spacial score (nSPS) is 10.7. The van der Waals surface area contributed by atoms with Gasteiger partial charge < -0.3 is 10.0 Å². The largest absolute Gasteiger partial charge is 0.395 e. The number of aliphatic hydroxyl groups is 1. The SMILES string of the molecule is CN(CC(C)(C)C)C(=O)c1ccccc1C#CCCO. The highest BCUT2D eigenvalue weighted by Gasteiger charge is 2.20. The van der Waals surface area contributed by atoms with Crippen molar-refractivity contribution >= 4 is 5.91 Å². The zero-order chi connectivity index (χ0) is 15.2. The molecule has 0 fully saturated rings. The highest BCUT2D eigenvalue weighted by molar-refractivity contribution is 5.96. The second kappa shape index (κ2) is 7.12. The number of rotatable bonds is 3. The summed E-state index contributed by atoms with van der Waals surface area (Å²) in [6.07, 6.45) is 0.417. The highest BCUT2D eigenvalue weighted by Crippen LogP contribution is 2.17. The van der Waals surface area contributed by atoms with Crippen LogP contribution in [-0.2, 0) is 0 Å². The molecule has 0 aliphatic rings. The van der Waals surface area contributed by atoms with Crippen LogP contribution in [0.15, 0.2) is 24.3 Å². The van der Waals surface area contributed by atoms with Crippen LogP contribution in [-0.4, -0.2) is 36.1 Å². The van der Waals surface area contributed by atoms with Crippen LogP contribution in [0, 0.1) is 17.3 Å². The molecule has 0 spiro atoms. The molecule has 0 aromatic heterocycles. The van der Waals surface area contributed by atoms with Gasteiger partial charge in [0.05, 0.1) is 12.2 Å². The molecule has 0 aliphatic heterocycles. The average Bonchev–Trinajstić information content (AvgIpc) is 2.37. The van der Waals surface area contributed by atoms with Gasteiger partial charge in [0.1, 0.15) is 0 Å². The van der Waals surface area contributed by atoms with Crippen molar-refractivity contribution in [2.45, 2.75) is 27.2 Å². The minimum atomic E-state index is -0.0196. The summed E-state index contributed by atoms with van der Waals surface area (Å²) in [6, 6.07) is 7.34. The molecule has 1 aromatic rings. The molecule has 20 heavy (non-hydrogen) atoms. The number of hydrogen-bond donors (Lipinski definition) is 1. The molecule has 0 aliphatic carbocycles. The molecule has 3 heteroatoms. The van der Waals surface area contributed by atoms with Crippen molar-refractivity contribution in [1.29, 1.82) is 0 Å². The molecule has 1 N–H and O–H groups in total. The molecule has 1 rings (SSSR count). The predicted molar refractivity (Wildman–Crippen MR) is 81.4 cm³/mol. The Labute approximate surface area is 121 Å². The Morgan fingerprint density at radius 2 is 1.95 bits per heavy atom. The number of nitrogens with zero attached hydrogens (tertiary/aromatic N) is 1. The van der Waals surface area contributed by atoms with Gasteiger partial charge in [-0.25, -0.2) is 0 Å². The van der Waals surface area contributed by atoms with Crippen LogP contribution < -0.4 is 0 Å². The van der Waals surface area contributed by atoms with E-state index >= 15 is 0 Å². The molecule has 0 heterocycles. The number of amides is 1. The molecular weight excluding hydrogens is 250 g/mol. The first kappa shape index (κ1) is 16.3. The summed E-state index contributed by atoms with van der Waals surface area (Å²) < 4.78 is 0. The highest BCUT2D eigenvalue weighted by atomic mass is 16.2. The van der Waals surface area contributed by atoms with Crippen molar-refractivity contribution in [2.24, 2.45) is 5.41 Å². The Kier molecular flexibility index (Phi) is 5.79. The monoisotopic (exact) mass is 273 g/mol. The van der Waals surface area contributed by atoms with Gasteiger partial charge in [-0.15, -0.1) is 0 Å². The summed E-state index contributed by atoms with van der Waals surface area (Å²) in [7, 11) is 1.81. The van der Waals surface area contributed by atoms with Gasteiger partial charge >= 0.3 is 0 Å². The number of carbonyl (C=O) groups is 1. The lowest BCUT2D eigenvalue weighted by Crippen LogP contribution is -2.34. The maximum atomic E-state index is 12.5. The van der Waals surface area contributed by atoms with Gasteiger partial charge in [-0.05, 0) is 17.5 Å². The van der Waals surface area contributed by atoms with E-state index in [1.165, 1.54) is 0 Å². The minimum absolute atomic E-state index is 0.0196. The molecule has 0 atom stereocenters. The molecular formula is C17H23NO2. The quantitative estimate of drug-likeness (QED) is 0.860.